The van der Waals surface area contributed by atoms with E-state index in [4.69, 9.17) is 0 Å². The molecule has 5 heteroatoms. The summed E-state index contributed by atoms with van der Waals surface area (Å²) < 4.78 is 13.9. The summed E-state index contributed by atoms with van der Waals surface area (Å²) in [5, 5.41) is 0. The molecule has 2 rings (SSSR count). The summed E-state index contributed by atoms with van der Waals surface area (Å²) in [6.45, 7) is 9.58. The van der Waals surface area contributed by atoms with Gasteiger partial charge in [0, 0.05) is 36.2 Å². The SMILES string of the molecule is CC(C)(C)N1CCN(C(=O)c2cc(F)ccc2Br)CC1. The van der Waals surface area contributed by atoms with Crippen LogP contribution in [0.5, 0.6) is 0 Å². The number of carbonyl (C=O) groups excluding carboxylic acids is 1. The van der Waals surface area contributed by atoms with Gasteiger partial charge in [0.05, 0.1) is 5.56 Å². The molecule has 1 fully saturated rings. The van der Waals surface area contributed by atoms with Gasteiger partial charge in [-0.05, 0) is 54.9 Å². The summed E-state index contributed by atoms with van der Waals surface area (Å²) in [7, 11) is 0. The summed E-state index contributed by atoms with van der Waals surface area (Å²) in [6, 6.07) is 4.22. The quantitative estimate of drug-likeness (QED) is 0.782. The molecule has 0 bridgehead atoms. The van der Waals surface area contributed by atoms with Crippen molar-refractivity contribution in [2.45, 2.75) is 26.3 Å². The van der Waals surface area contributed by atoms with E-state index in [1.165, 1.54) is 12.1 Å². The lowest BCUT2D eigenvalue weighted by Crippen LogP contribution is -2.54. The van der Waals surface area contributed by atoms with E-state index in [0.29, 0.717) is 23.1 Å². The first-order chi connectivity index (χ1) is 9.29. The Bertz CT molecular complexity index is 505. The van der Waals surface area contributed by atoms with Crippen LogP contribution in [-0.2, 0) is 0 Å². The van der Waals surface area contributed by atoms with Crippen LogP contribution in [0.15, 0.2) is 22.7 Å². The van der Waals surface area contributed by atoms with Crippen molar-refractivity contribution >= 4 is 21.8 Å². The largest absolute Gasteiger partial charge is 0.336 e. The Balaban J connectivity index is 2.07. The van der Waals surface area contributed by atoms with E-state index in [1.54, 1.807) is 11.0 Å². The van der Waals surface area contributed by atoms with Crippen molar-refractivity contribution in [1.29, 1.82) is 0 Å². The van der Waals surface area contributed by atoms with Gasteiger partial charge in [0.2, 0.25) is 0 Å². The van der Waals surface area contributed by atoms with Crippen LogP contribution in [0.2, 0.25) is 0 Å². The Morgan fingerprint density at radius 3 is 2.35 bits per heavy atom. The molecule has 110 valence electrons. The van der Waals surface area contributed by atoms with Crippen LogP contribution >= 0.6 is 15.9 Å². The van der Waals surface area contributed by atoms with Crippen molar-refractivity contribution in [3.05, 3.63) is 34.1 Å². The Labute approximate surface area is 127 Å². The molecule has 0 aliphatic carbocycles. The molecule has 0 aromatic heterocycles. The molecule has 1 aliphatic heterocycles. The summed E-state index contributed by atoms with van der Waals surface area (Å²) >= 11 is 3.32. The highest BCUT2D eigenvalue weighted by molar-refractivity contribution is 9.10. The molecule has 1 saturated heterocycles. The Morgan fingerprint density at radius 1 is 1.20 bits per heavy atom. The Morgan fingerprint density at radius 2 is 1.80 bits per heavy atom. The third-order valence-corrected chi connectivity index (χ3v) is 4.37. The number of carbonyl (C=O) groups is 1. The predicted octanol–water partition coefficient (Wildman–Crippen LogP) is 3.14. The minimum Gasteiger partial charge on any atom is -0.336 e. The highest BCUT2D eigenvalue weighted by Crippen LogP contribution is 2.22. The third-order valence-electron chi connectivity index (χ3n) is 3.67. The van der Waals surface area contributed by atoms with Crippen LogP contribution in [0, 0.1) is 5.82 Å². The average molecular weight is 343 g/mol. The molecule has 0 radical (unpaired) electrons. The molecule has 0 atom stereocenters. The van der Waals surface area contributed by atoms with Crippen LogP contribution < -0.4 is 0 Å². The molecule has 1 heterocycles. The lowest BCUT2D eigenvalue weighted by molar-refractivity contribution is 0.0450. The first-order valence-electron chi connectivity index (χ1n) is 6.78. The number of nitrogens with zero attached hydrogens (tertiary/aromatic N) is 2. The van der Waals surface area contributed by atoms with Crippen molar-refractivity contribution in [3.63, 3.8) is 0 Å². The molecule has 0 unspecified atom stereocenters. The van der Waals surface area contributed by atoms with Crippen molar-refractivity contribution in [2.75, 3.05) is 26.2 Å². The second-order valence-corrected chi connectivity index (χ2v) is 6.93. The first kappa shape index (κ1) is 15.4. The lowest BCUT2D eigenvalue weighted by atomic mass is 10.0. The number of hydrogen-bond acceptors (Lipinski definition) is 2. The van der Waals surface area contributed by atoms with Crippen LogP contribution in [0.3, 0.4) is 0 Å². The minimum absolute atomic E-state index is 0.107. The van der Waals surface area contributed by atoms with Crippen molar-refractivity contribution < 1.29 is 9.18 Å². The molecular weight excluding hydrogens is 323 g/mol. The zero-order chi connectivity index (χ0) is 14.9. The molecule has 20 heavy (non-hydrogen) atoms. The highest BCUT2D eigenvalue weighted by Gasteiger charge is 2.28. The fourth-order valence-electron chi connectivity index (χ4n) is 2.41. The van der Waals surface area contributed by atoms with E-state index in [0.717, 1.165) is 13.1 Å². The molecule has 3 nitrogen and oxygen atoms in total. The lowest BCUT2D eigenvalue weighted by Gasteiger charge is -2.42. The number of amides is 1. The van der Waals surface area contributed by atoms with Crippen LogP contribution in [0.4, 0.5) is 4.39 Å². The third kappa shape index (κ3) is 3.38. The molecule has 0 saturated carbocycles. The Kier molecular flexibility index (Phi) is 4.49. The summed E-state index contributed by atoms with van der Waals surface area (Å²) in [6.07, 6.45) is 0. The van der Waals surface area contributed by atoms with Crippen LogP contribution in [0.1, 0.15) is 31.1 Å². The van der Waals surface area contributed by atoms with E-state index < -0.39 is 0 Å². The van der Waals surface area contributed by atoms with Crippen LogP contribution in [0.25, 0.3) is 0 Å². The predicted molar refractivity (Wildman–Crippen MR) is 81.3 cm³/mol. The maximum absolute atomic E-state index is 13.3. The fraction of sp³-hybridized carbons (Fsp3) is 0.533. The van der Waals surface area contributed by atoms with E-state index in [2.05, 4.69) is 41.6 Å². The van der Waals surface area contributed by atoms with Gasteiger partial charge in [-0.1, -0.05) is 0 Å². The molecule has 1 aromatic carbocycles. The van der Waals surface area contributed by atoms with Gasteiger partial charge < -0.3 is 4.90 Å². The van der Waals surface area contributed by atoms with Gasteiger partial charge in [0.15, 0.2) is 0 Å². The van der Waals surface area contributed by atoms with Gasteiger partial charge in [-0.2, -0.15) is 0 Å². The van der Waals surface area contributed by atoms with Crippen molar-refractivity contribution in [3.8, 4) is 0 Å². The standard InChI is InChI=1S/C15H20BrFN2O/c1-15(2,3)19-8-6-18(7-9-19)14(20)12-10-11(17)4-5-13(12)16/h4-5,10H,6-9H2,1-3H3. The molecule has 1 amide bonds. The van der Waals surface area contributed by atoms with Gasteiger partial charge in [0.25, 0.3) is 5.91 Å². The van der Waals surface area contributed by atoms with E-state index in [-0.39, 0.29) is 17.3 Å². The van der Waals surface area contributed by atoms with E-state index in [9.17, 15) is 9.18 Å². The zero-order valence-corrected chi connectivity index (χ0v) is 13.7. The molecular formula is C15H20BrFN2O. The van der Waals surface area contributed by atoms with E-state index >= 15 is 0 Å². The topological polar surface area (TPSA) is 23.6 Å². The fourth-order valence-corrected chi connectivity index (χ4v) is 2.83. The van der Waals surface area contributed by atoms with Gasteiger partial charge in [0.1, 0.15) is 5.82 Å². The van der Waals surface area contributed by atoms with Crippen LogP contribution in [-0.4, -0.2) is 47.4 Å². The van der Waals surface area contributed by atoms with Gasteiger partial charge in [-0.25, -0.2) is 4.39 Å². The second-order valence-electron chi connectivity index (χ2n) is 6.07. The van der Waals surface area contributed by atoms with E-state index in [1.807, 2.05) is 0 Å². The van der Waals surface area contributed by atoms with Crippen molar-refractivity contribution in [1.82, 2.24) is 9.80 Å². The number of halogens is 2. The maximum Gasteiger partial charge on any atom is 0.255 e. The summed E-state index contributed by atoms with van der Waals surface area (Å²) in [5.74, 6) is -0.491. The second kappa shape index (κ2) is 5.82. The summed E-state index contributed by atoms with van der Waals surface area (Å²) in [5.41, 5.74) is 0.517. The van der Waals surface area contributed by atoms with Crippen molar-refractivity contribution in [2.24, 2.45) is 0 Å². The summed E-state index contributed by atoms with van der Waals surface area (Å²) in [4.78, 5) is 16.6. The maximum atomic E-state index is 13.3. The number of piperazine rings is 1. The molecule has 0 N–H and O–H groups in total. The average Bonchev–Trinajstić information content (AvgIpc) is 2.40. The monoisotopic (exact) mass is 342 g/mol. The number of benzene rings is 1. The minimum atomic E-state index is -0.384. The molecule has 1 aromatic rings. The first-order valence-corrected chi connectivity index (χ1v) is 7.58. The number of hydrogen-bond donors (Lipinski definition) is 0. The normalized spacial score (nSPS) is 17.4. The van der Waals surface area contributed by atoms with Gasteiger partial charge >= 0.3 is 0 Å². The molecule has 1 aliphatic rings. The Hall–Kier alpha value is -0.940. The number of rotatable bonds is 1. The highest BCUT2D eigenvalue weighted by atomic mass is 79.9. The van der Waals surface area contributed by atoms with Gasteiger partial charge in [-0.3, -0.25) is 9.69 Å². The molecule has 0 spiro atoms. The van der Waals surface area contributed by atoms with Gasteiger partial charge in [-0.15, -0.1) is 0 Å². The zero-order valence-electron chi connectivity index (χ0n) is 12.1. The smallest absolute Gasteiger partial charge is 0.255 e.